The van der Waals surface area contributed by atoms with Crippen molar-refractivity contribution in [3.63, 3.8) is 0 Å². The van der Waals surface area contributed by atoms with Gasteiger partial charge in [-0.05, 0) is 48.9 Å². The van der Waals surface area contributed by atoms with Gasteiger partial charge in [0.15, 0.2) is 0 Å². The van der Waals surface area contributed by atoms with E-state index in [1.54, 1.807) is 23.1 Å². The first-order valence-corrected chi connectivity index (χ1v) is 14.4. The van der Waals surface area contributed by atoms with E-state index >= 15 is 0 Å². The largest absolute Gasteiger partial charge is 0.351 e. The zero-order chi connectivity index (χ0) is 28.9. The van der Waals surface area contributed by atoms with Crippen molar-refractivity contribution < 1.29 is 19.2 Å². The molecule has 41 heavy (non-hydrogen) atoms. The summed E-state index contributed by atoms with van der Waals surface area (Å²) in [5.74, 6) is -0.699. The Kier molecular flexibility index (Phi) is 6.79. The topological polar surface area (TPSA) is 119 Å². The summed E-state index contributed by atoms with van der Waals surface area (Å²) in [6.07, 6.45) is 4.21. The lowest BCUT2D eigenvalue weighted by Crippen LogP contribution is -2.59. The van der Waals surface area contributed by atoms with Crippen LogP contribution in [0.4, 0.5) is 0 Å². The molecule has 0 unspecified atom stereocenters. The number of nitrogens with one attached hydrogen (secondary N) is 2. The third-order valence-corrected chi connectivity index (χ3v) is 8.57. The van der Waals surface area contributed by atoms with Gasteiger partial charge in [0.25, 0.3) is 17.7 Å². The maximum absolute atomic E-state index is 13.8. The molecule has 0 saturated carbocycles. The Hall–Kier alpha value is -4.21. The Balaban J connectivity index is 1.11. The number of carbonyl (C=O) groups is 4. The molecule has 3 aromatic rings. The van der Waals surface area contributed by atoms with E-state index in [0.717, 1.165) is 36.8 Å². The van der Waals surface area contributed by atoms with E-state index in [-0.39, 0.29) is 35.7 Å². The maximum atomic E-state index is 13.8. The molecule has 2 N–H and O–H groups in total. The molecule has 2 aromatic heterocycles. The number of amides is 4. The molecule has 3 saturated heterocycles. The lowest BCUT2D eigenvalue weighted by Gasteiger charge is -2.39. The number of H-pyrrole nitrogens is 1. The summed E-state index contributed by atoms with van der Waals surface area (Å²) in [5.41, 5.74) is 1.54. The Morgan fingerprint density at radius 3 is 2.29 bits per heavy atom. The molecule has 6 rings (SSSR count). The smallest absolute Gasteiger partial charge is 0.272 e. The molecule has 2 bridgehead atoms. The number of aromatic nitrogens is 2. The van der Waals surface area contributed by atoms with E-state index in [4.69, 9.17) is 0 Å². The van der Waals surface area contributed by atoms with Gasteiger partial charge in [0, 0.05) is 43.3 Å². The van der Waals surface area contributed by atoms with Crippen LogP contribution >= 0.6 is 0 Å². The van der Waals surface area contributed by atoms with E-state index in [2.05, 4.69) is 15.3 Å². The number of para-hydroxylation sites is 1. The van der Waals surface area contributed by atoms with Crippen LogP contribution < -0.4 is 5.32 Å². The number of nitrogens with zero attached hydrogens (tertiary/aromatic N) is 4. The van der Waals surface area contributed by atoms with Crippen molar-refractivity contribution in [3.05, 3.63) is 65.6 Å². The van der Waals surface area contributed by atoms with Gasteiger partial charge >= 0.3 is 0 Å². The average molecular weight is 557 g/mol. The monoisotopic (exact) mass is 556 g/mol. The van der Waals surface area contributed by atoms with Crippen molar-refractivity contribution in [2.24, 2.45) is 5.41 Å². The molecule has 0 aliphatic carbocycles. The molecule has 4 amide bonds. The Morgan fingerprint density at radius 2 is 1.66 bits per heavy atom. The van der Waals surface area contributed by atoms with Crippen LogP contribution in [-0.2, 0) is 4.79 Å². The molecular weight excluding hydrogens is 520 g/mol. The number of hydrogen-bond acceptors (Lipinski definition) is 5. The van der Waals surface area contributed by atoms with Gasteiger partial charge in [-0.3, -0.25) is 24.2 Å². The summed E-state index contributed by atoms with van der Waals surface area (Å²) in [5, 5.41) is 3.91. The van der Waals surface area contributed by atoms with Crippen molar-refractivity contribution in [2.45, 2.75) is 58.2 Å². The number of fused-ring (bicyclic) bond motifs is 3. The zero-order valence-electron chi connectivity index (χ0n) is 23.7. The number of aromatic amines is 1. The van der Waals surface area contributed by atoms with Gasteiger partial charge in [-0.1, -0.05) is 39.0 Å². The van der Waals surface area contributed by atoms with Crippen molar-refractivity contribution in [2.75, 3.05) is 26.2 Å². The summed E-state index contributed by atoms with van der Waals surface area (Å²) in [6, 6.07) is 11.8. The second-order valence-electron chi connectivity index (χ2n) is 12.5. The fourth-order valence-corrected chi connectivity index (χ4v) is 6.30. The van der Waals surface area contributed by atoms with Gasteiger partial charge in [-0.2, -0.15) is 0 Å². The van der Waals surface area contributed by atoms with Crippen LogP contribution in [0.5, 0.6) is 0 Å². The van der Waals surface area contributed by atoms with Gasteiger partial charge in [0.1, 0.15) is 17.4 Å². The van der Waals surface area contributed by atoms with E-state index < -0.39 is 11.5 Å². The molecule has 3 atom stereocenters. The number of benzene rings is 1. The van der Waals surface area contributed by atoms with Crippen LogP contribution in [0.2, 0.25) is 0 Å². The van der Waals surface area contributed by atoms with Crippen molar-refractivity contribution in [1.82, 2.24) is 30.0 Å². The highest BCUT2D eigenvalue weighted by molar-refractivity contribution is 6.01. The molecule has 0 radical (unpaired) electrons. The van der Waals surface area contributed by atoms with Crippen molar-refractivity contribution >= 4 is 34.5 Å². The third kappa shape index (κ3) is 5.07. The van der Waals surface area contributed by atoms with Gasteiger partial charge in [-0.25, -0.2) is 0 Å². The second-order valence-corrected chi connectivity index (χ2v) is 12.5. The lowest BCUT2D eigenvalue weighted by atomic mass is 9.85. The predicted octanol–water partition coefficient (Wildman–Crippen LogP) is 3.07. The molecular formula is C31H36N6O4. The number of piperazine rings is 1. The van der Waals surface area contributed by atoms with Gasteiger partial charge in [-0.15, -0.1) is 0 Å². The highest BCUT2D eigenvalue weighted by atomic mass is 16.2. The molecule has 3 fully saturated rings. The molecule has 10 heteroatoms. The SMILES string of the molecule is CC(C)(C)[C@H](NC(=O)c1cc2ccccc2[nH]1)C(=O)N1C[C@@H]2C[C@H]1CN2C(=O)c1ccc(C(=O)N2CCCC2)cn1. The third-order valence-electron chi connectivity index (χ3n) is 8.57. The Labute approximate surface area is 239 Å². The number of hydrogen-bond donors (Lipinski definition) is 2. The minimum absolute atomic E-state index is 0.0478. The quantitative estimate of drug-likeness (QED) is 0.501. The van der Waals surface area contributed by atoms with E-state index in [9.17, 15) is 19.2 Å². The molecule has 214 valence electrons. The molecule has 0 spiro atoms. The molecule has 3 aliphatic rings. The summed E-state index contributed by atoms with van der Waals surface area (Å²) in [6.45, 7) is 8.16. The lowest BCUT2D eigenvalue weighted by molar-refractivity contribution is -0.138. The highest BCUT2D eigenvalue weighted by Crippen LogP contribution is 2.34. The van der Waals surface area contributed by atoms with Crippen molar-refractivity contribution in [3.8, 4) is 0 Å². The molecule has 10 nitrogen and oxygen atoms in total. The fourth-order valence-electron chi connectivity index (χ4n) is 6.30. The number of pyridine rings is 1. The summed E-state index contributed by atoms with van der Waals surface area (Å²) in [4.78, 5) is 65.9. The van der Waals surface area contributed by atoms with E-state index in [1.807, 2.05) is 54.8 Å². The summed E-state index contributed by atoms with van der Waals surface area (Å²) >= 11 is 0. The standard InChI is InChI=1S/C31H36N6O4/c1-31(2,3)26(34-27(38)25-14-19-8-4-5-9-23(19)33-25)30(41)37-18-21-15-22(37)17-36(21)29(40)24-11-10-20(16-32-24)28(39)35-12-6-7-13-35/h4-5,8-11,14,16,21-22,26,33H,6-7,12-13,15,17-18H2,1-3H3,(H,34,38)/t21-,22-,26+/m0/s1. The average Bonchev–Trinajstić information content (AvgIpc) is 3.77. The summed E-state index contributed by atoms with van der Waals surface area (Å²) in [7, 11) is 0. The van der Waals surface area contributed by atoms with Crippen LogP contribution in [0, 0.1) is 5.41 Å². The first kappa shape index (κ1) is 27.0. The Bertz CT molecular complexity index is 1470. The van der Waals surface area contributed by atoms with E-state index in [1.165, 1.54) is 6.20 Å². The Morgan fingerprint density at radius 1 is 0.951 bits per heavy atom. The van der Waals surface area contributed by atoms with Crippen LogP contribution in [0.1, 0.15) is 71.4 Å². The molecule has 1 aromatic carbocycles. The second kappa shape index (κ2) is 10.3. The first-order chi connectivity index (χ1) is 19.6. The fraction of sp³-hybridized carbons (Fsp3) is 0.452. The van der Waals surface area contributed by atoms with E-state index in [0.29, 0.717) is 36.5 Å². The van der Waals surface area contributed by atoms with Gasteiger partial charge in [0.05, 0.1) is 17.6 Å². The first-order valence-electron chi connectivity index (χ1n) is 14.4. The predicted molar refractivity (Wildman–Crippen MR) is 153 cm³/mol. The van der Waals surface area contributed by atoms with Gasteiger partial charge in [0.2, 0.25) is 5.91 Å². The number of rotatable bonds is 5. The van der Waals surface area contributed by atoms with Crippen LogP contribution in [-0.4, -0.2) is 92.6 Å². The zero-order valence-corrected chi connectivity index (χ0v) is 23.7. The van der Waals surface area contributed by atoms with Crippen LogP contribution in [0.3, 0.4) is 0 Å². The summed E-state index contributed by atoms with van der Waals surface area (Å²) < 4.78 is 0. The highest BCUT2D eigenvalue weighted by Gasteiger charge is 2.50. The number of carbonyl (C=O) groups excluding carboxylic acids is 4. The molecule has 5 heterocycles. The maximum Gasteiger partial charge on any atom is 0.272 e. The van der Waals surface area contributed by atoms with Crippen LogP contribution in [0.15, 0.2) is 48.7 Å². The number of likely N-dealkylation sites (tertiary alicyclic amines) is 3. The van der Waals surface area contributed by atoms with Crippen molar-refractivity contribution in [1.29, 1.82) is 0 Å². The normalized spacial score (nSPS) is 21.0. The minimum atomic E-state index is -0.729. The van der Waals surface area contributed by atoms with Crippen LogP contribution in [0.25, 0.3) is 10.9 Å². The van der Waals surface area contributed by atoms with Gasteiger partial charge < -0.3 is 25.0 Å². The molecule has 3 aliphatic heterocycles. The minimum Gasteiger partial charge on any atom is -0.351 e.